The lowest BCUT2D eigenvalue weighted by atomic mass is 10.2. The van der Waals surface area contributed by atoms with Crippen LogP contribution in [0.1, 0.15) is 27.2 Å². The lowest BCUT2D eigenvalue weighted by Crippen LogP contribution is -2.39. The van der Waals surface area contributed by atoms with Gasteiger partial charge in [0, 0.05) is 12.6 Å². The molecule has 0 spiro atoms. The normalized spacial score (nSPS) is 14.8. The maximum absolute atomic E-state index is 11.3. The molecule has 0 bridgehead atoms. The molecule has 80 valence electrons. The van der Waals surface area contributed by atoms with E-state index in [9.17, 15) is 8.42 Å². The molecule has 0 aliphatic carbocycles. The van der Waals surface area contributed by atoms with E-state index < -0.39 is 10.0 Å². The van der Waals surface area contributed by atoms with Crippen LogP contribution in [0.5, 0.6) is 0 Å². The largest absolute Gasteiger partial charge is 0.329 e. The van der Waals surface area contributed by atoms with Gasteiger partial charge in [-0.25, -0.2) is 13.1 Å². The Balaban J connectivity index is 3.95. The Morgan fingerprint density at radius 1 is 1.31 bits per heavy atom. The molecule has 0 radical (unpaired) electrons. The van der Waals surface area contributed by atoms with E-state index in [-0.39, 0.29) is 11.8 Å². The van der Waals surface area contributed by atoms with E-state index in [1.807, 2.05) is 13.8 Å². The molecule has 0 rings (SSSR count). The Morgan fingerprint density at radius 3 is 2.23 bits per heavy atom. The monoisotopic (exact) mass is 208 g/mol. The molecule has 5 heteroatoms. The summed E-state index contributed by atoms with van der Waals surface area (Å²) in [6.45, 7) is 6.09. The van der Waals surface area contributed by atoms with Crippen LogP contribution in [-0.4, -0.2) is 26.8 Å². The molecule has 0 aliphatic rings. The van der Waals surface area contributed by atoms with Crippen molar-refractivity contribution in [3.05, 3.63) is 0 Å². The van der Waals surface area contributed by atoms with Crippen molar-refractivity contribution in [3.63, 3.8) is 0 Å². The topological polar surface area (TPSA) is 72.2 Å². The van der Waals surface area contributed by atoms with E-state index in [1.165, 1.54) is 0 Å². The van der Waals surface area contributed by atoms with Gasteiger partial charge in [-0.15, -0.1) is 0 Å². The highest BCUT2D eigenvalue weighted by Crippen LogP contribution is 2.02. The molecule has 0 saturated carbocycles. The quantitative estimate of drug-likeness (QED) is 0.659. The summed E-state index contributed by atoms with van der Waals surface area (Å²) in [5, 5.41) is 0. The third-order valence-corrected chi connectivity index (χ3v) is 3.23. The lowest BCUT2D eigenvalue weighted by molar-refractivity contribution is 0.547. The maximum Gasteiger partial charge on any atom is 0.211 e. The Bertz CT molecular complexity index is 224. The fourth-order valence-electron chi connectivity index (χ4n) is 0.804. The first kappa shape index (κ1) is 12.9. The van der Waals surface area contributed by atoms with Crippen molar-refractivity contribution in [3.8, 4) is 0 Å². The molecule has 1 atom stereocenters. The minimum absolute atomic E-state index is 0.169. The van der Waals surface area contributed by atoms with E-state index in [0.717, 1.165) is 0 Å². The fourth-order valence-corrected chi connectivity index (χ4v) is 2.41. The zero-order chi connectivity index (χ0) is 10.5. The Hall–Kier alpha value is -0.130. The number of hydrogen-bond acceptors (Lipinski definition) is 3. The van der Waals surface area contributed by atoms with Crippen LogP contribution in [0, 0.1) is 5.92 Å². The van der Waals surface area contributed by atoms with E-state index in [4.69, 9.17) is 5.73 Å². The second kappa shape index (κ2) is 5.57. The average molecular weight is 208 g/mol. The van der Waals surface area contributed by atoms with Gasteiger partial charge in [0.05, 0.1) is 5.75 Å². The van der Waals surface area contributed by atoms with Crippen molar-refractivity contribution in [2.24, 2.45) is 11.7 Å². The summed E-state index contributed by atoms with van der Waals surface area (Å²) in [7, 11) is -3.12. The number of hydrogen-bond donors (Lipinski definition) is 2. The van der Waals surface area contributed by atoms with Crippen LogP contribution in [-0.2, 0) is 10.0 Å². The van der Waals surface area contributed by atoms with Gasteiger partial charge in [0.15, 0.2) is 0 Å². The van der Waals surface area contributed by atoms with Crippen molar-refractivity contribution in [2.75, 3.05) is 12.3 Å². The SMILES string of the molecule is CC(C)CCS(=O)(=O)N[C@@H](C)CN. The number of nitrogens with two attached hydrogens (primary N) is 1. The molecule has 0 saturated heterocycles. The Kier molecular flexibility index (Phi) is 5.51. The van der Waals surface area contributed by atoms with Gasteiger partial charge in [-0.3, -0.25) is 0 Å². The fraction of sp³-hybridized carbons (Fsp3) is 1.00. The Labute approximate surface area is 80.9 Å². The molecule has 0 amide bonds. The van der Waals surface area contributed by atoms with Gasteiger partial charge in [0.1, 0.15) is 0 Å². The van der Waals surface area contributed by atoms with Crippen LogP contribution in [0.4, 0.5) is 0 Å². The van der Waals surface area contributed by atoms with Gasteiger partial charge in [0.25, 0.3) is 0 Å². The highest BCUT2D eigenvalue weighted by molar-refractivity contribution is 7.89. The van der Waals surface area contributed by atoms with Crippen LogP contribution in [0.2, 0.25) is 0 Å². The smallest absolute Gasteiger partial charge is 0.211 e. The highest BCUT2D eigenvalue weighted by atomic mass is 32.2. The van der Waals surface area contributed by atoms with Crippen molar-refractivity contribution < 1.29 is 8.42 Å². The predicted octanol–water partition coefficient (Wildman–Crippen LogP) is 0.299. The minimum Gasteiger partial charge on any atom is -0.329 e. The summed E-state index contributed by atoms with van der Waals surface area (Å²) >= 11 is 0. The molecule has 0 aliphatic heterocycles. The molecule has 0 fully saturated rings. The van der Waals surface area contributed by atoms with Crippen LogP contribution in [0.15, 0.2) is 0 Å². The zero-order valence-corrected chi connectivity index (χ0v) is 9.39. The summed E-state index contributed by atoms with van der Waals surface area (Å²) in [6, 6.07) is -0.169. The summed E-state index contributed by atoms with van der Waals surface area (Å²) in [5.74, 6) is 0.597. The summed E-state index contributed by atoms with van der Waals surface area (Å²) < 4.78 is 25.2. The molecular formula is C8H20N2O2S. The molecule has 13 heavy (non-hydrogen) atoms. The van der Waals surface area contributed by atoms with E-state index >= 15 is 0 Å². The van der Waals surface area contributed by atoms with Gasteiger partial charge in [0.2, 0.25) is 10.0 Å². The van der Waals surface area contributed by atoms with Crippen molar-refractivity contribution in [1.29, 1.82) is 0 Å². The Morgan fingerprint density at radius 2 is 1.85 bits per heavy atom. The van der Waals surface area contributed by atoms with Crippen LogP contribution in [0.25, 0.3) is 0 Å². The van der Waals surface area contributed by atoms with E-state index in [2.05, 4.69) is 4.72 Å². The molecule has 0 aromatic carbocycles. The predicted molar refractivity (Wildman–Crippen MR) is 54.9 cm³/mol. The van der Waals surface area contributed by atoms with Gasteiger partial charge in [-0.05, 0) is 19.3 Å². The highest BCUT2D eigenvalue weighted by Gasteiger charge is 2.13. The van der Waals surface area contributed by atoms with Gasteiger partial charge in [-0.1, -0.05) is 13.8 Å². The van der Waals surface area contributed by atoms with Crippen molar-refractivity contribution in [2.45, 2.75) is 33.2 Å². The third-order valence-electron chi connectivity index (χ3n) is 1.70. The second-order valence-electron chi connectivity index (χ2n) is 3.76. The molecule has 0 unspecified atom stereocenters. The first-order valence-corrected chi connectivity index (χ1v) is 6.22. The van der Waals surface area contributed by atoms with Gasteiger partial charge in [-0.2, -0.15) is 0 Å². The molecule has 0 aromatic rings. The molecular weight excluding hydrogens is 188 g/mol. The number of nitrogens with one attached hydrogen (secondary N) is 1. The summed E-state index contributed by atoms with van der Waals surface area (Å²) in [6.07, 6.45) is 0.687. The van der Waals surface area contributed by atoms with Crippen molar-refractivity contribution in [1.82, 2.24) is 4.72 Å². The minimum atomic E-state index is -3.12. The summed E-state index contributed by atoms with van der Waals surface area (Å²) in [5.41, 5.74) is 5.31. The lowest BCUT2D eigenvalue weighted by Gasteiger charge is -2.12. The third kappa shape index (κ3) is 6.98. The van der Waals surface area contributed by atoms with Crippen molar-refractivity contribution >= 4 is 10.0 Å². The number of sulfonamides is 1. The van der Waals surface area contributed by atoms with Gasteiger partial charge < -0.3 is 5.73 Å². The van der Waals surface area contributed by atoms with Crippen LogP contribution >= 0.6 is 0 Å². The standard InChI is InChI=1S/C8H20N2O2S/c1-7(2)4-5-13(11,12)10-8(3)6-9/h7-8,10H,4-6,9H2,1-3H3/t8-/m0/s1. The second-order valence-corrected chi connectivity index (χ2v) is 5.63. The zero-order valence-electron chi connectivity index (χ0n) is 8.58. The van der Waals surface area contributed by atoms with E-state index in [1.54, 1.807) is 6.92 Å². The maximum atomic E-state index is 11.3. The summed E-state index contributed by atoms with van der Waals surface area (Å²) in [4.78, 5) is 0. The molecule has 3 N–H and O–H groups in total. The van der Waals surface area contributed by atoms with Crippen LogP contribution < -0.4 is 10.5 Å². The van der Waals surface area contributed by atoms with Crippen LogP contribution in [0.3, 0.4) is 0 Å². The first-order chi connectivity index (χ1) is 5.87. The average Bonchev–Trinajstić information content (AvgIpc) is 2.00. The molecule has 0 heterocycles. The van der Waals surface area contributed by atoms with Gasteiger partial charge >= 0.3 is 0 Å². The first-order valence-electron chi connectivity index (χ1n) is 4.57. The molecule has 0 aromatic heterocycles. The number of rotatable bonds is 6. The molecule has 4 nitrogen and oxygen atoms in total. The van der Waals surface area contributed by atoms with E-state index in [0.29, 0.717) is 18.9 Å².